The average Bonchev–Trinajstić information content (AvgIpc) is 2.13. The first-order valence-corrected chi connectivity index (χ1v) is 5.44. The minimum absolute atomic E-state index is 0.170. The van der Waals surface area contributed by atoms with Crippen LogP contribution >= 0.6 is 0 Å². The number of nitrogens with zero attached hydrogens (tertiary/aromatic N) is 1. The minimum atomic E-state index is -0.479. The predicted molar refractivity (Wildman–Crippen MR) is 64.5 cm³/mol. The SMILES string of the molecule is C=CC(=O)OCCN(C)CC(=O)OC(C)(C)C. The molecular formula is C12H21NO4. The summed E-state index contributed by atoms with van der Waals surface area (Å²) in [5, 5.41) is 0. The van der Waals surface area contributed by atoms with Crippen LogP contribution in [0.25, 0.3) is 0 Å². The minimum Gasteiger partial charge on any atom is -0.461 e. The molecule has 0 saturated carbocycles. The number of hydrogen-bond acceptors (Lipinski definition) is 5. The largest absolute Gasteiger partial charge is 0.461 e. The van der Waals surface area contributed by atoms with Crippen molar-refractivity contribution in [3.8, 4) is 0 Å². The molecule has 0 aliphatic carbocycles. The molecule has 0 rings (SSSR count). The summed E-state index contributed by atoms with van der Waals surface area (Å²) in [6.45, 7) is 9.60. The molecule has 5 nitrogen and oxygen atoms in total. The van der Waals surface area contributed by atoms with Gasteiger partial charge in [-0.25, -0.2) is 4.79 Å². The molecule has 0 aliphatic rings. The van der Waals surface area contributed by atoms with Gasteiger partial charge in [0.1, 0.15) is 12.2 Å². The lowest BCUT2D eigenvalue weighted by molar-refractivity contribution is -0.155. The smallest absolute Gasteiger partial charge is 0.330 e. The van der Waals surface area contributed by atoms with E-state index in [1.807, 2.05) is 20.8 Å². The van der Waals surface area contributed by atoms with E-state index in [0.717, 1.165) is 6.08 Å². The Morgan fingerprint density at radius 1 is 1.35 bits per heavy atom. The molecule has 5 heteroatoms. The van der Waals surface area contributed by atoms with Crippen molar-refractivity contribution in [3.05, 3.63) is 12.7 Å². The van der Waals surface area contributed by atoms with Crippen molar-refractivity contribution in [2.45, 2.75) is 26.4 Å². The Labute approximate surface area is 102 Å². The fraction of sp³-hybridized carbons (Fsp3) is 0.667. The number of esters is 2. The zero-order chi connectivity index (χ0) is 13.5. The standard InChI is InChI=1S/C12H21NO4/c1-6-10(14)16-8-7-13(5)9-11(15)17-12(2,3)4/h6H,1,7-9H2,2-5H3. The van der Waals surface area contributed by atoms with E-state index in [9.17, 15) is 9.59 Å². The van der Waals surface area contributed by atoms with Gasteiger partial charge in [-0.1, -0.05) is 6.58 Å². The lowest BCUT2D eigenvalue weighted by Crippen LogP contribution is -2.34. The Morgan fingerprint density at radius 3 is 2.41 bits per heavy atom. The van der Waals surface area contributed by atoms with Gasteiger partial charge in [-0.15, -0.1) is 0 Å². The third-order valence-electron chi connectivity index (χ3n) is 1.70. The molecule has 0 unspecified atom stereocenters. The van der Waals surface area contributed by atoms with Crippen LogP contribution in [-0.4, -0.2) is 49.2 Å². The second-order valence-corrected chi connectivity index (χ2v) is 4.70. The van der Waals surface area contributed by atoms with Crippen LogP contribution in [0.4, 0.5) is 0 Å². The van der Waals surface area contributed by atoms with E-state index in [1.165, 1.54) is 0 Å². The van der Waals surface area contributed by atoms with Crippen LogP contribution in [0.15, 0.2) is 12.7 Å². The fourth-order valence-electron chi connectivity index (χ4n) is 1.03. The van der Waals surface area contributed by atoms with E-state index >= 15 is 0 Å². The van der Waals surface area contributed by atoms with Gasteiger partial charge < -0.3 is 9.47 Å². The van der Waals surface area contributed by atoms with Crippen LogP contribution in [0, 0.1) is 0 Å². The van der Waals surface area contributed by atoms with Gasteiger partial charge in [0.2, 0.25) is 0 Å². The highest BCUT2D eigenvalue weighted by Crippen LogP contribution is 2.06. The van der Waals surface area contributed by atoms with E-state index in [2.05, 4.69) is 6.58 Å². The summed E-state index contributed by atoms with van der Waals surface area (Å²) in [7, 11) is 1.76. The van der Waals surface area contributed by atoms with Gasteiger partial charge in [0.05, 0.1) is 6.54 Å². The van der Waals surface area contributed by atoms with Gasteiger partial charge in [0.25, 0.3) is 0 Å². The van der Waals surface area contributed by atoms with Crippen molar-refractivity contribution in [2.75, 3.05) is 26.7 Å². The number of carbonyl (C=O) groups excluding carboxylic acids is 2. The Morgan fingerprint density at radius 2 is 1.94 bits per heavy atom. The van der Waals surface area contributed by atoms with Crippen molar-refractivity contribution < 1.29 is 19.1 Å². The van der Waals surface area contributed by atoms with E-state index in [0.29, 0.717) is 6.54 Å². The summed E-state index contributed by atoms with van der Waals surface area (Å²) in [5.74, 6) is -0.759. The van der Waals surface area contributed by atoms with E-state index < -0.39 is 11.6 Å². The maximum atomic E-state index is 11.4. The van der Waals surface area contributed by atoms with Crippen LogP contribution in [0.3, 0.4) is 0 Å². The van der Waals surface area contributed by atoms with Crippen molar-refractivity contribution >= 4 is 11.9 Å². The number of hydrogen-bond donors (Lipinski definition) is 0. The number of carbonyl (C=O) groups is 2. The number of rotatable bonds is 6. The van der Waals surface area contributed by atoms with Crippen LogP contribution in [0.5, 0.6) is 0 Å². The predicted octanol–water partition coefficient (Wildman–Crippen LogP) is 0.989. The molecule has 98 valence electrons. The van der Waals surface area contributed by atoms with Gasteiger partial charge in [0.15, 0.2) is 0 Å². The second-order valence-electron chi connectivity index (χ2n) is 4.70. The third kappa shape index (κ3) is 9.56. The van der Waals surface area contributed by atoms with Crippen LogP contribution in [0.1, 0.15) is 20.8 Å². The highest BCUT2D eigenvalue weighted by Gasteiger charge is 2.17. The molecule has 0 fully saturated rings. The Hall–Kier alpha value is -1.36. The van der Waals surface area contributed by atoms with Crippen molar-refractivity contribution in [3.63, 3.8) is 0 Å². The molecule has 0 bridgehead atoms. The van der Waals surface area contributed by atoms with Crippen molar-refractivity contribution in [1.29, 1.82) is 0 Å². The summed E-state index contributed by atoms with van der Waals surface area (Å²) in [5.41, 5.74) is -0.479. The van der Waals surface area contributed by atoms with E-state index in [4.69, 9.17) is 9.47 Å². The molecular weight excluding hydrogens is 222 g/mol. The quantitative estimate of drug-likeness (QED) is 0.514. The second kappa shape index (κ2) is 7.06. The van der Waals surface area contributed by atoms with Gasteiger partial charge in [-0.3, -0.25) is 9.69 Å². The van der Waals surface area contributed by atoms with Crippen molar-refractivity contribution in [2.24, 2.45) is 0 Å². The maximum Gasteiger partial charge on any atom is 0.330 e. The molecule has 0 spiro atoms. The zero-order valence-electron chi connectivity index (χ0n) is 11.0. The summed E-state index contributed by atoms with van der Waals surface area (Å²) in [6, 6.07) is 0. The number of ether oxygens (including phenoxy) is 2. The third-order valence-corrected chi connectivity index (χ3v) is 1.70. The average molecular weight is 243 g/mol. The molecule has 17 heavy (non-hydrogen) atoms. The van der Waals surface area contributed by atoms with Gasteiger partial charge in [-0.2, -0.15) is 0 Å². The molecule has 0 radical (unpaired) electrons. The molecule has 0 N–H and O–H groups in total. The molecule has 0 saturated heterocycles. The normalized spacial score (nSPS) is 11.1. The molecule has 0 heterocycles. The summed E-state index contributed by atoms with van der Waals surface area (Å²) >= 11 is 0. The molecule has 0 aromatic rings. The first-order valence-electron chi connectivity index (χ1n) is 5.44. The lowest BCUT2D eigenvalue weighted by Gasteiger charge is -2.22. The first-order chi connectivity index (χ1) is 7.74. The summed E-state index contributed by atoms with van der Waals surface area (Å²) in [4.78, 5) is 23.9. The summed E-state index contributed by atoms with van der Waals surface area (Å²) in [6.07, 6.45) is 1.11. The monoisotopic (exact) mass is 243 g/mol. The molecule has 0 atom stereocenters. The highest BCUT2D eigenvalue weighted by molar-refractivity contribution is 5.81. The number of likely N-dealkylation sites (N-methyl/N-ethyl adjacent to an activating group) is 1. The van der Waals surface area contributed by atoms with Crippen LogP contribution in [-0.2, 0) is 19.1 Å². The van der Waals surface area contributed by atoms with Gasteiger partial charge in [-0.05, 0) is 27.8 Å². The summed E-state index contributed by atoms with van der Waals surface area (Å²) < 4.78 is 9.95. The van der Waals surface area contributed by atoms with Gasteiger partial charge >= 0.3 is 11.9 Å². The molecule has 0 aromatic carbocycles. The Bertz CT molecular complexity index is 281. The maximum absolute atomic E-state index is 11.4. The van der Waals surface area contributed by atoms with Crippen LogP contribution in [0.2, 0.25) is 0 Å². The Kier molecular flexibility index (Phi) is 6.50. The topological polar surface area (TPSA) is 55.8 Å². The first kappa shape index (κ1) is 15.6. The Balaban J connectivity index is 3.79. The highest BCUT2D eigenvalue weighted by atomic mass is 16.6. The van der Waals surface area contributed by atoms with Crippen LogP contribution < -0.4 is 0 Å². The van der Waals surface area contributed by atoms with E-state index in [-0.39, 0.29) is 19.1 Å². The van der Waals surface area contributed by atoms with Crippen molar-refractivity contribution in [1.82, 2.24) is 4.90 Å². The molecule has 0 aliphatic heterocycles. The zero-order valence-corrected chi connectivity index (χ0v) is 11.0. The molecule has 0 aromatic heterocycles. The van der Waals surface area contributed by atoms with E-state index in [1.54, 1.807) is 11.9 Å². The molecule has 0 amide bonds. The fourth-order valence-corrected chi connectivity index (χ4v) is 1.03. The van der Waals surface area contributed by atoms with Gasteiger partial charge in [0, 0.05) is 12.6 Å². The lowest BCUT2D eigenvalue weighted by atomic mass is 10.2.